The summed E-state index contributed by atoms with van der Waals surface area (Å²) in [5.74, 6) is -0.168. The average Bonchev–Trinajstić information content (AvgIpc) is 2.47. The van der Waals surface area contributed by atoms with Crippen molar-refractivity contribution in [1.82, 2.24) is 9.47 Å². The zero-order chi connectivity index (χ0) is 15.2. The molecule has 0 atom stereocenters. The largest absolute Gasteiger partial charge is 0.858 e. The molecular formula is C17H16N2O2. The molecule has 0 spiro atoms. The van der Waals surface area contributed by atoms with Crippen LogP contribution in [0, 0.1) is 0 Å². The molecule has 0 bridgehead atoms. The number of carbonyl (C=O) groups is 1. The molecular weight excluding hydrogens is 264 g/mol. The van der Waals surface area contributed by atoms with Crippen molar-refractivity contribution in [3.8, 4) is 5.88 Å². The molecule has 0 aliphatic rings. The minimum Gasteiger partial charge on any atom is -0.858 e. The van der Waals surface area contributed by atoms with Crippen LogP contribution < -0.4 is 9.59 Å². The van der Waals surface area contributed by atoms with Gasteiger partial charge in [0.1, 0.15) is 5.69 Å². The van der Waals surface area contributed by atoms with E-state index in [1.54, 1.807) is 19.1 Å². The smallest absolute Gasteiger partial charge is 0.315 e. The molecule has 3 aromatic rings. The van der Waals surface area contributed by atoms with E-state index in [1.165, 1.54) is 0 Å². The normalized spacial score (nSPS) is 12.0. The summed E-state index contributed by atoms with van der Waals surface area (Å²) >= 11 is 0. The number of benzene rings is 2. The molecule has 0 unspecified atom stereocenters. The van der Waals surface area contributed by atoms with Crippen molar-refractivity contribution in [3.05, 3.63) is 42.5 Å². The molecule has 4 nitrogen and oxygen atoms in total. The van der Waals surface area contributed by atoms with Gasteiger partial charge in [-0.25, -0.2) is 9.28 Å². The first-order valence-electron chi connectivity index (χ1n) is 6.76. The van der Waals surface area contributed by atoms with Gasteiger partial charge < -0.3 is 5.11 Å². The first-order chi connectivity index (χ1) is 9.91. The summed E-state index contributed by atoms with van der Waals surface area (Å²) in [4.78, 5) is 16.0. The second-order valence-electron chi connectivity index (χ2n) is 5.64. The van der Waals surface area contributed by atoms with E-state index in [2.05, 4.69) is 4.98 Å². The summed E-state index contributed by atoms with van der Waals surface area (Å²) in [5.41, 5.74) is 1.53. The molecule has 0 fully saturated rings. The third-order valence-electron chi connectivity index (χ3n) is 4.08. The van der Waals surface area contributed by atoms with Crippen molar-refractivity contribution in [2.75, 3.05) is 14.1 Å². The van der Waals surface area contributed by atoms with Gasteiger partial charge in [-0.1, -0.05) is 24.3 Å². The maximum absolute atomic E-state index is 12.0. The molecule has 0 saturated heterocycles. The molecule has 1 aromatic heterocycles. The van der Waals surface area contributed by atoms with Crippen molar-refractivity contribution in [1.29, 1.82) is 0 Å². The van der Waals surface area contributed by atoms with Crippen molar-refractivity contribution in [2.24, 2.45) is 0 Å². The van der Waals surface area contributed by atoms with Crippen LogP contribution in [0.15, 0.2) is 42.5 Å². The van der Waals surface area contributed by atoms with Crippen molar-refractivity contribution < 1.29 is 9.90 Å². The van der Waals surface area contributed by atoms with Crippen LogP contribution in [0.4, 0.5) is 5.69 Å². The monoisotopic (exact) mass is 280 g/mol. The van der Waals surface area contributed by atoms with Crippen LogP contribution in [0.25, 0.3) is 21.7 Å². The number of quaternary nitrogens is 1. The average molecular weight is 280 g/mol. The van der Waals surface area contributed by atoms with Gasteiger partial charge in [0.2, 0.25) is 0 Å². The van der Waals surface area contributed by atoms with Crippen molar-refractivity contribution in [2.45, 2.75) is 6.92 Å². The highest BCUT2D eigenvalue weighted by Crippen LogP contribution is 2.32. The molecule has 0 saturated carbocycles. The Balaban J connectivity index is 2.38. The molecule has 3 rings (SSSR count). The van der Waals surface area contributed by atoms with E-state index < -0.39 is 0 Å². The highest BCUT2D eigenvalue weighted by atomic mass is 16.3. The number of fused-ring (bicyclic) bond motifs is 3. The van der Waals surface area contributed by atoms with Gasteiger partial charge >= 0.3 is 5.91 Å². The number of rotatable bonds is 1. The van der Waals surface area contributed by atoms with E-state index in [4.69, 9.17) is 0 Å². The van der Waals surface area contributed by atoms with Crippen LogP contribution in [0.1, 0.15) is 6.92 Å². The Kier molecular flexibility index (Phi) is 2.92. The van der Waals surface area contributed by atoms with Crippen LogP contribution in [-0.4, -0.2) is 25.0 Å². The van der Waals surface area contributed by atoms with Gasteiger partial charge in [-0.05, 0) is 22.7 Å². The quantitative estimate of drug-likeness (QED) is 0.508. The number of nitrogens with zero attached hydrogens (tertiary/aromatic N) is 2. The molecule has 106 valence electrons. The van der Waals surface area contributed by atoms with E-state index in [9.17, 15) is 9.90 Å². The van der Waals surface area contributed by atoms with Crippen molar-refractivity contribution >= 4 is 33.3 Å². The highest BCUT2D eigenvalue weighted by Gasteiger charge is 2.25. The van der Waals surface area contributed by atoms with Gasteiger partial charge in [0.05, 0.1) is 26.5 Å². The van der Waals surface area contributed by atoms with Crippen LogP contribution in [0.2, 0.25) is 0 Å². The SMILES string of the molecule is CC(=O)[N+](C)(C)c1ccc2nc([O-])c3ccccc3c2c1. The molecule has 4 heteroatoms. The predicted octanol–water partition coefficient (Wildman–Crippen LogP) is 2.58. The summed E-state index contributed by atoms with van der Waals surface area (Å²) in [6.07, 6.45) is 0. The second-order valence-corrected chi connectivity index (χ2v) is 5.64. The van der Waals surface area contributed by atoms with E-state index >= 15 is 0 Å². The third-order valence-corrected chi connectivity index (χ3v) is 4.08. The topological polar surface area (TPSA) is 53.0 Å². The Bertz CT molecular complexity index is 869. The molecule has 1 amide bonds. The van der Waals surface area contributed by atoms with Gasteiger partial charge in [-0.15, -0.1) is 0 Å². The Hall–Kier alpha value is -2.46. The number of amides is 1. The number of carbonyl (C=O) groups excluding carboxylic acids is 1. The molecule has 0 radical (unpaired) electrons. The second kappa shape index (κ2) is 4.53. The molecule has 0 N–H and O–H groups in total. The zero-order valence-corrected chi connectivity index (χ0v) is 12.3. The van der Waals surface area contributed by atoms with E-state index in [0.29, 0.717) is 10.9 Å². The van der Waals surface area contributed by atoms with Gasteiger partial charge in [-0.3, -0.25) is 4.98 Å². The summed E-state index contributed by atoms with van der Waals surface area (Å²) in [5, 5.41) is 14.4. The lowest BCUT2D eigenvalue weighted by molar-refractivity contribution is -0.272. The number of hydrogen-bond donors (Lipinski definition) is 0. The van der Waals surface area contributed by atoms with Gasteiger partial charge in [0, 0.05) is 17.5 Å². The molecule has 21 heavy (non-hydrogen) atoms. The third kappa shape index (κ3) is 2.04. The highest BCUT2D eigenvalue weighted by molar-refractivity contribution is 6.08. The Morgan fingerprint density at radius 3 is 2.38 bits per heavy atom. The molecule has 2 aromatic carbocycles. The lowest BCUT2D eigenvalue weighted by Crippen LogP contribution is -2.44. The lowest BCUT2D eigenvalue weighted by Gasteiger charge is -2.25. The van der Waals surface area contributed by atoms with Crippen molar-refractivity contribution in [3.63, 3.8) is 0 Å². The zero-order valence-electron chi connectivity index (χ0n) is 12.3. The maximum atomic E-state index is 12.0. The van der Waals surface area contributed by atoms with Gasteiger partial charge in [0.25, 0.3) is 0 Å². The van der Waals surface area contributed by atoms with Crippen LogP contribution in [0.3, 0.4) is 0 Å². The molecule has 0 aliphatic heterocycles. The summed E-state index contributed by atoms with van der Waals surface area (Å²) in [6.45, 7) is 1.57. The van der Waals surface area contributed by atoms with E-state index in [0.717, 1.165) is 16.5 Å². The number of hydrogen-bond acceptors (Lipinski definition) is 3. The predicted molar refractivity (Wildman–Crippen MR) is 83.0 cm³/mol. The standard InChI is InChI=1S/C17H16N2O2/c1-11(20)19(2,3)12-8-9-16-15(10-12)13-6-4-5-7-14(13)17(21)18-16/h4-10H,1-3H3. The van der Waals surface area contributed by atoms with Gasteiger partial charge in [-0.2, -0.15) is 0 Å². The van der Waals surface area contributed by atoms with Crippen LogP contribution in [0.5, 0.6) is 5.88 Å². The Morgan fingerprint density at radius 2 is 1.71 bits per heavy atom. The summed E-state index contributed by atoms with van der Waals surface area (Å²) < 4.78 is 0.156. The fourth-order valence-electron chi connectivity index (χ4n) is 2.44. The fourth-order valence-corrected chi connectivity index (χ4v) is 2.44. The minimum absolute atomic E-state index is 0.0482. The Labute approximate surface area is 122 Å². The molecule has 0 aliphatic carbocycles. The van der Waals surface area contributed by atoms with Crippen LogP contribution in [-0.2, 0) is 4.79 Å². The maximum Gasteiger partial charge on any atom is 0.315 e. The van der Waals surface area contributed by atoms with Crippen LogP contribution >= 0.6 is 0 Å². The van der Waals surface area contributed by atoms with E-state index in [-0.39, 0.29) is 16.3 Å². The van der Waals surface area contributed by atoms with E-state index in [1.807, 2.05) is 44.4 Å². The minimum atomic E-state index is -0.217. The number of aromatic nitrogens is 1. The fraction of sp³-hybridized carbons (Fsp3) is 0.176. The lowest BCUT2D eigenvalue weighted by atomic mass is 10.1. The molecule has 1 heterocycles. The number of pyridine rings is 1. The summed E-state index contributed by atoms with van der Waals surface area (Å²) in [7, 11) is 3.70. The first-order valence-corrected chi connectivity index (χ1v) is 6.76. The Morgan fingerprint density at radius 1 is 1.05 bits per heavy atom. The van der Waals surface area contributed by atoms with Gasteiger partial charge in [0.15, 0.2) is 0 Å². The summed E-state index contributed by atoms with van der Waals surface area (Å²) in [6, 6.07) is 13.0. The first kappa shape index (κ1) is 13.5.